The fourth-order valence-corrected chi connectivity index (χ4v) is 4.04. The summed E-state index contributed by atoms with van der Waals surface area (Å²) in [5.41, 5.74) is -1.28. The Balaban J connectivity index is 2.54. The Morgan fingerprint density at radius 2 is 1.81 bits per heavy atom. The van der Waals surface area contributed by atoms with Gasteiger partial charge in [0.2, 0.25) is 0 Å². The summed E-state index contributed by atoms with van der Waals surface area (Å²) in [6, 6.07) is 8.09. The van der Waals surface area contributed by atoms with E-state index in [0.717, 1.165) is 16.4 Å². The molecule has 4 nitrogen and oxygen atoms in total. The highest BCUT2D eigenvalue weighted by Crippen LogP contribution is 2.37. The largest absolute Gasteiger partial charge is 0.494 e. The lowest BCUT2D eigenvalue weighted by Gasteiger charge is -2.25. The fourth-order valence-electron chi connectivity index (χ4n) is 2.33. The molecule has 0 heterocycles. The van der Waals surface area contributed by atoms with Crippen LogP contribution in [0.25, 0.3) is 0 Å². The van der Waals surface area contributed by atoms with Gasteiger partial charge in [-0.25, -0.2) is 8.42 Å². The lowest BCUT2D eigenvalue weighted by atomic mass is 10.2. The summed E-state index contributed by atoms with van der Waals surface area (Å²) in [4.78, 5) is -0.110. The number of nitrogens with zero attached hydrogens (tertiary/aromatic N) is 1. The Kier molecular flexibility index (Phi) is 6.43. The summed E-state index contributed by atoms with van der Waals surface area (Å²) in [7, 11) is -4.18. The molecule has 27 heavy (non-hydrogen) atoms. The van der Waals surface area contributed by atoms with Crippen molar-refractivity contribution in [1.29, 1.82) is 0 Å². The highest BCUT2D eigenvalue weighted by Gasteiger charge is 2.33. The van der Waals surface area contributed by atoms with Crippen molar-refractivity contribution in [1.82, 2.24) is 0 Å². The van der Waals surface area contributed by atoms with Crippen LogP contribution in [0.3, 0.4) is 0 Å². The summed E-state index contributed by atoms with van der Waals surface area (Å²) < 4.78 is 71.2. The summed E-state index contributed by atoms with van der Waals surface area (Å²) in [5, 5.41) is -0.126. The first-order valence-corrected chi connectivity index (χ1v) is 9.66. The predicted octanol–water partition coefficient (Wildman–Crippen LogP) is 5.14. The first-order valence-electron chi connectivity index (χ1n) is 7.84. The minimum atomic E-state index is -4.64. The monoisotopic (exact) mass is 419 g/mol. The Hall–Kier alpha value is -2.19. The van der Waals surface area contributed by atoms with E-state index >= 15 is 0 Å². The number of benzene rings is 2. The lowest BCUT2D eigenvalue weighted by Crippen LogP contribution is -2.31. The molecule has 2 rings (SSSR count). The van der Waals surface area contributed by atoms with Crippen LogP contribution in [0.2, 0.25) is 5.02 Å². The molecule has 0 N–H and O–H groups in total. The number of hydrogen-bond acceptors (Lipinski definition) is 3. The van der Waals surface area contributed by atoms with Crippen molar-refractivity contribution < 1.29 is 26.3 Å². The van der Waals surface area contributed by atoms with E-state index in [9.17, 15) is 21.6 Å². The van der Waals surface area contributed by atoms with Gasteiger partial charge in [0.25, 0.3) is 10.0 Å². The molecule has 0 bridgehead atoms. The molecule has 0 aromatic heterocycles. The zero-order valence-electron chi connectivity index (χ0n) is 14.3. The lowest BCUT2D eigenvalue weighted by molar-refractivity contribution is -0.137. The maximum absolute atomic E-state index is 13.0. The topological polar surface area (TPSA) is 46.6 Å². The van der Waals surface area contributed by atoms with E-state index in [4.69, 9.17) is 16.3 Å². The second-order valence-electron chi connectivity index (χ2n) is 5.39. The van der Waals surface area contributed by atoms with Crippen molar-refractivity contribution in [2.75, 3.05) is 17.5 Å². The molecule has 9 heteroatoms. The molecule has 0 spiro atoms. The highest BCUT2D eigenvalue weighted by atomic mass is 35.5. The third-order valence-corrected chi connectivity index (χ3v) is 5.67. The molecule has 0 atom stereocenters. The second kappa shape index (κ2) is 8.22. The van der Waals surface area contributed by atoms with Gasteiger partial charge in [0.05, 0.1) is 34.3 Å². The molecule has 0 radical (unpaired) electrons. The quantitative estimate of drug-likeness (QED) is 0.584. The zero-order chi connectivity index (χ0) is 20.2. The summed E-state index contributed by atoms with van der Waals surface area (Å²) in [6.07, 6.45) is -3.37. The van der Waals surface area contributed by atoms with E-state index in [2.05, 4.69) is 6.58 Å². The minimum Gasteiger partial charge on any atom is -0.494 e. The molecule has 0 aliphatic rings. The average molecular weight is 420 g/mol. The van der Waals surface area contributed by atoms with Gasteiger partial charge >= 0.3 is 6.18 Å². The van der Waals surface area contributed by atoms with Crippen LogP contribution in [0.15, 0.2) is 60.0 Å². The number of hydrogen-bond donors (Lipinski definition) is 0. The fraction of sp³-hybridized carbons (Fsp3) is 0.222. The molecule has 0 fully saturated rings. The predicted molar refractivity (Wildman–Crippen MR) is 98.8 cm³/mol. The molecule has 2 aromatic carbocycles. The zero-order valence-corrected chi connectivity index (χ0v) is 15.9. The molecular weight excluding hydrogens is 403 g/mol. The summed E-state index contributed by atoms with van der Waals surface area (Å²) in [6.45, 7) is 5.42. The van der Waals surface area contributed by atoms with Crippen LogP contribution in [0, 0.1) is 0 Å². The van der Waals surface area contributed by atoms with Gasteiger partial charge in [0.1, 0.15) is 5.75 Å². The smallest absolute Gasteiger partial charge is 0.416 e. The maximum Gasteiger partial charge on any atom is 0.416 e. The Bertz CT molecular complexity index is 912. The standard InChI is InChI=1S/C18H17ClF3NO3S/c1-3-11-23(17-12-13(18(20,21)22)5-10-16(17)19)27(24,25)15-8-6-14(7-9-15)26-4-2/h3,5-10,12H,1,4,11H2,2H3. The van der Waals surface area contributed by atoms with Gasteiger partial charge in [0.15, 0.2) is 0 Å². The van der Waals surface area contributed by atoms with Gasteiger partial charge in [-0.05, 0) is 49.4 Å². The number of alkyl halides is 3. The van der Waals surface area contributed by atoms with E-state index in [1.165, 1.54) is 30.3 Å². The number of ether oxygens (including phenoxy) is 1. The highest BCUT2D eigenvalue weighted by molar-refractivity contribution is 7.92. The molecule has 0 saturated carbocycles. The van der Waals surface area contributed by atoms with Crippen LogP contribution in [0.1, 0.15) is 12.5 Å². The molecule has 146 valence electrons. The third kappa shape index (κ3) is 4.75. The second-order valence-corrected chi connectivity index (χ2v) is 7.66. The molecule has 0 saturated heterocycles. The van der Waals surface area contributed by atoms with Crippen molar-refractivity contribution in [3.8, 4) is 5.75 Å². The Morgan fingerprint density at radius 1 is 1.19 bits per heavy atom. The molecular formula is C18H17ClF3NO3S. The van der Waals surface area contributed by atoms with Crippen LogP contribution >= 0.6 is 11.6 Å². The first kappa shape index (κ1) is 21.1. The Labute approximate surface area is 160 Å². The molecule has 0 aliphatic carbocycles. The van der Waals surface area contributed by atoms with Gasteiger partial charge in [-0.1, -0.05) is 17.7 Å². The first-order chi connectivity index (χ1) is 12.6. The number of rotatable bonds is 7. The van der Waals surface area contributed by atoms with E-state index in [0.29, 0.717) is 18.4 Å². The van der Waals surface area contributed by atoms with Crippen LogP contribution < -0.4 is 9.04 Å². The van der Waals surface area contributed by atoms with E-state index in [1.54, 1.807) is 6.92 Å². The normalized spacial score (nSPS) is 11.9. The van der Waals surface area contributed by atoms with Crippen molar-refractivity contribution in [2.45, 2.75) is 18.0 Å². The van der Waals surface area contributed by atoms with Crippen molar-refractivity contribution in [3.63, 3.8) is 0 Å². The molecule has 0 unspecified atom stereocenters. The van der Waals surface area contributed by atoms with E-state index in [1.807, 2.05) is 0 Å². The van der Waals surface area contributed by atoms with Crippen LogP contribution in [0.4, 0.5) is 18.9 Å². The molecule has 0 amide bonds. The van der Waals surface area contributed by atoms with Gasteiger partial charge in [-0.15, -0.1) is 6.58 Å². The van der Waals surface area contributed by atoms with Crippen molar-refractivity contribution in [3.05, 3.63) is 65.7 Å². The van der Waals surface area contributed by atoms with E-state index < -0.39 is 21.8 Å². The SMILES string of the molecule is C=CCN(c1cc(C(F)(F)F)ccc1Cl)S(=O)(=O)c1ccc(OCC)cc1. The summed E-state index contributed by atoms with van der Waals surface area (Å²) >= 11 is 6.01. The maximum atomic E-state index is 13.0. The van der Waals surface area contributed by atoms with Gasteiger partial charge in [-0.3, -0.25) is 4.31 Å². The Morgan fingerprint density at radius 3 is 2.33 bits per heavy atom. The minimum absolute atomic E-state index is 0.110. The average Bonchev–Trinajstić information content (AvgIpc) is 2.60. The van der Waals surface area contributed by atoms with Crippen LogP contribution in [-0.2, 0) is 16.2 Å². The van der Waals surface area contributed by atoms with Gasteiger partial charge in [-0.2, -0.15) is 13.2 Å². The van der Waals surface area contributed by atoms with Crippen LogP contribution in [-0.4, -0.2) is 21.6 Å². The number of anilines is 1. The van der Waals surface area contributed by atoms with Gasteiger partial charge in [0, 0.05) is 0 Å². The van der Waals surface area contributed by atoms with Crippen LogP contribution in [0.5, 0.6) is 5.75 Å². The number of sulfonamides is 1. The van der Waals surface area contributed by atoms with Crippen molar-refractivity contribution in [2.24, 2.45) is 0 Å². The molecule has 0 aliphatic heterocycles. The third-order valence-electron chi connectivity index (χ3n) is 3.56. The van der Waals surface area contributed by atoms with Crippen molar-refractivity contribution >= 4 is 27.3 Å². The van der Waals surface area contributed by atoms with E-state index in [-0.39, 0.29) is 22.2 Å². The summed E-state index contributed by atoms with van der Waals surface area (Å²) in [5.74, 6) is 0.476. The van der Waals surface area contributed by atoms with Gasteiger partial charge < -0.3 is 4.74 Å². The molecule has 2 aromatic rings. The number of halogens is 4.